The lowest BCUT2D eigenvalue weighted by molar-refractivity contribution is 0.368. The number of ether oxygens (including phenoxy) is 2. The standard InChI is InChI=1S/C10H10O3/c1-12-10-5-7-3-2-4-13-9(7)6-8(10)11/h2,4-6,11H,3H2,1H3. The number of allylic oxidation sites excluding steroid dienone is 1. The van der Waals surface area contributed by atoms with Gasteiger partial charge >= 0.3 is 0 Å². The van der Waals surface area contributed by atoms with E-state index in [2.05, 4.69) is 0 Å². The first-order chi connectivity index (χ1) is 6.31. The van der Waals surface area contributed by atoms with Gasteiger partial charge in [0.2, 0.25) is 0 Å². The summed E-state index contributed by atoms with van der Waals surface area (Å²) in [6.45, 7) is 0. The number of rotatable bonds is 1. The maximum Gasteiger partial charge on any atom is 0.161 e. The predicted octanol–water partition coefficient (Wildman–Crippen LogP) is 1.85. The molecule has 0 unspecified atom stereocenters. The molecule has 1 aromatic carbocycles. The first-order valence-electron chi connectivity index (χ1n) is 4.03. The molecule has 1 aromatic rings. The van der Waals surface area contributed by atoms with Crippen LogP contribution in [0, 0.1) is 0 Å². The Hall–Kier alpha value is -1.64. The van der Waals surface area contributed by atoms with Crippen molar-refractivity contribution in [2.75, 3.05) is 7.11 Å². The molecule has 0 amide bonds. The predicted molar refractivity (Wildman–Crippen MR) is 48.1 cm³/mol. The molecule has 1 heterocycles. The van der Waals surface area contributed by atoms with Gasteiger partial charge in [-0.05, 0) is 18.6 Å². The van der Waals surface area contributed by atoms with Crippen molar-refractivity contribution in [2.45, 2.75) is 6.42 Å². The van der Waals surface area contributed by atoms with E-state index in [1.165, 1.54) is 7.11 Å². The van der Waals surface area contributed by atoms with Gasteiger partial charge in [0, 0.05) is 11.6 Å². The molecule has 0 aromatic heterocycles. The molecule has 0 radical (unpaired) electrons. The average molecular weight is 178 g/mol. The van der Waals surface area contributed by atoms with E-state index in [1.54, 1.807) is 18.4 Å². The SMILES string of the molecule is COc1cc2c(cc1O)OC=CC2. The Labute approximate surface area is 76.2 Å². The number of methoxy groups -OCH3 is 1. The molecule has 0 atom stereocenters. The van der Waals surface area contributed by atoms with E-state index in [0.29, 0.717) is 11.5 Å². The van der Waals surface area contributed by atoms with Crippen LogP contribution in [0.3, 0.4) is 0 Å². The van der Waals surface area contributed by atoms with Crippen LogP contribution < -0.4 is 9.47 Å². The number of benzene rings is 1. The Morgan fingerprint density at radius 3 is 3.08 bits per heavy atom. The van der Waals surface area contributed by atoms with Gasteiger partial charge in [-0.15, -0.1) is 0 Å². The third-order valence-corrected chi connectivity index (χ3v) is 1.99. The van der Waals surface area contributed by atoms with Crippen LogP contribution in [-0.2, 0) is 6.42 Å². The van der Waals surface area contributed by atoms with Crippen LogP contribution in [0.15, 0.2) is 24.5 Å². The van der Waals surface area contributed by atoms with Crippen LogP contribution in [0.2, 0.25) is 0 Å². The molecule has 2 rings (SSSR count). The minimum Gasteiger partial charge on any atom is -0.504 e. The van der Waals surface area contributed by atoms with Crippen molar-refractivity contribution in [1.29, 1.82) is 0 Å². The van der Waals surface area contributed by atoms with Crippen LogP contribution in [-0.4, -0.2) is 12.2 Å². The lowest BCUT2D eigenvalue weighted by Gasteiger charge is -2.13. The van der Waals surface area contributed by atoms with Crippen molar-refractivity contribution in [3.8, 4) is 17.2 Å². The molecule has 0 fully saturated rings. The number of hydrogen-bond donors (Lipinski definition) is 1. The van der Waals surface area contributed by atoms with E-state index < -0.39 is 0 Å². The van der Waals surface area contributed by atoms with Crippen LogP contribution in [0.1, 0.15) is 5.56 Å². The van der Waals surface area contributed by atoms with Crippen molar-refractivity contribution >= 4 is 0 Å². The summed E-state index contributed by atoms with van der Waals surface area (Å²) < 4.78 is 10.2. The Morgan fingerprint density at radius 2 is 2.31 bits per heavy atom. The molecule has 0 spiro atoms. The quantitative estimate of drug-likeness (QED) is 0.713. The fourth-order valence-electron chi connectivity index (χ4n) is 1.32. The van der Waals surface area contributed by atoms with Gasteiger partial charge in [0.05, 0.1) is 13.4 Å². The number of phenols is 1. The molecule has 0 saturated carbocycles. The largest absolute Gasteiger partial charge is 0.504 e. The second kappa shape index (κ2) is 3.01. The zero-order valence-electron chi connectivity index (χ0n) is 7.28. The Morgan fingerprint density at radius 1 is 1.46 bits per heavy atom. The second-order valence-electron chi connectivity index (χ2n) is 2.83. The molecule has 1 N–H and O–H groups in total. The first kappa shape index (κ1) is 7.98. The molecular weight excluding hydrogens is 168 g/mol. The topological polar surface area (TPSA) is 38.7 Å². The van der Waals surface area contributed by atoms with Gasteiger partial charge in [-0.1, -0.05) is 0 Å². The summed E-state index contributed by atoms with van der Waals surface area (Å²) >= 11 is 0. The van der Waals surface area contributed by atoms with Gasteiger partial charge in [-0.25, -0.2) is 0 Å². The van der Waals surface area contributed by atoms with Crippen LogP contribution in [0.5, 0.6) is 17.2 Å². The Bertz CT molecular complexity index is 355. The van der Waals surface area contributed by atoms with Gasteiger partial charge in [-0.2, -0.15) is 0 Å². The molecular formula is C10H10O3. The van der Waals surface area contributed by atoms with E-state index in [4.69, 9.17) is 9.47 Å². The minimum absolute atomic E-state index is 0.108. The molecule has 68 valence electrons. The number of hydrogen-bond acceptors (Lipinski definition) is 3. The lowest BCUT2D eigenvalue weighted by Crippen LogP contribution is -1.97. The zero-order valence-corrected chi connectivity index (χ0v) is 7.28. The summed E-state index contributed by atoms with van der Waals surface area (Å²) in [5, 5.41) is 9.44. The average Bonchev–Trinajstić information content (AvgIpc) is 2.17. The number of aromatic hydroxyl groups is 1. The van der Waals surface area contributed by atoms with Crippen LogP contribution in [0.25, 0.3) is 0 Å². The monoisotopic (exact) mass is 178 g/mol. The molecule has 0 aliphatic carbocycles. The van der Waals surface area contributed by atoms with Crippen molar-refractivity contribution < 1.29 is 14.6 Å². The molecule has 1 aliphatic heterocycles. The Kier molecular flexibility index (Phi) is 1.85. The number of phenolic OH excluding ortho intramolecular Hbond substituents is 1. The van der Waals surface area contributed by atoms with Gasteiger partial charge < -0.3 is 14.6 Å². The summed E-state index contributed by atoms with van der Waals surface area (Å²) in [4.78, 5) is 0. The lowest BCUT2D eigenvalue weighted by atomic mass is 10.1. The summed E-state index contributed by atoms with van der Waals surface area (Å²) in [6, 6.07) is 3.35. The summed E-state index contributed by atoms with van der Waals surface area (Å²) in [6.07, 6.45) is 4.35. The van der Waals surface area contributed by atoms with Gasteiger partial charge in [-0.3, -0.25) is 0 Å². The van der Waals surface area contributed by atoms with E-state index in [9.17, 15) is 5.11 Å². The maximum absolute atomic E-state index is 9.44. The van der Waals surface area contributed by atoms with Crippen molar-refractivity contribution in [3.63, 3.8) is 0 Å². The molecule has 1 aliphatic rings. The van der Waals surface area contributed by atoms with E-state index in [0.717, 1.165) is 12.0 Å². The molecule has 13 heavy (non-hydrogen) atoms. The van der Waals surface area contributed by atoms with Crippen molar-refractivity contribution in [2.24, 2.45) is 0 Å². The highest BCUT2D eigenvalue weighted by atomic mass is 16.5. The summed E-state index contributed by atoms with van der Waals surface area (Å²) in [5.74, 6) is 1.29. The highest BCUT2D eigenvalue weighted by Gasteiger charge is 2.11. The smallest absolute Gasteiger partial charge is 0.161 e. The summed E-state index contributed by atoms with van der Waals surface area (Å²) in [5.41, 5.74) is 1.03. The number of fused-ring (bicyclic) bond motifs is 1. The molecule has 0 saturated heterocycles. The fraction of sp³-hybridized carbons (Fsp3) is 0.200. The minimum atomic E-state index is 0.108. The zero-order chi connectivity index (χ0) is 9.26. The van der Waals surface area contributed by atoms with Gasteiger partial charge in [0.15, 0.2) is 11.5 Å². The fourth-order valence-corrected chi connectivity index (χ4v) is 1.32. The second-order valence-corrected chi connectivity index (χ2v) is 2.83. The maximum atomic E-state index is 9.44. The Balaban J connectivity index is 2.48. The molecule has 3 nitrogen and oxygen atoms in total. The molecule has 3 heteroatoms. The normalized spacial score (nSPS) is 13.3. The van der Waals surface area contributed by atoms with Gasteiger partial charge in [0.25, 0.3) is 0 Å². The summed E-state index contributed by atoms with van der Waals surface area (Å²) in [7, 11) is 1.53. The van der Waals surface area contributed by atoms with Crippen LogP contribution >= 0.6 is 0 Å². The van der Waals surface area contributed by atoms with Crippen LogP contribution in [0.4, 0.5) is 0 Å². The third kappa shape index (κ3) is 1.33. The third-order valence-electron chi connectivity index (χ3n) is 1.99. The molecule has 0 bridgehead atoms. The first-order valence-corrected chi connectivity index (χ1v) is 4.03. The van der Waals surface area contributed by atoms with Crippen molar-refractivity contribution in [3.05, 3.63) is 30.0 Å². The highest BCUT2D eigenvalue weighted by Crippen LogP contribution is 2.35. The highest BCUT2D eigenvalue weighted by molar-refractivity contribution is 5.51. The van der Waals surface area contributed by atoms with E-state index in [-0.39, 0.29) is 5.75 Å². The van der Waals surface area contributed by atoms with Crippen molar-refractivity contribution in [1.82, 2.24) is 0 Å². The van der Waals surface area contributed by atoms with Gasteiger partial charge in [0.1, 0.15) is 5.75 Å². The van der Waals surface area contributed by atoms with E-state index >= 15 is 0 Å². The van der Waals surface area contributed by atoms with E-state index in [1.807, 2.05) is 6.08 Å².